The molecule has 1 heterocycles. The van der Waals surface area contributed by atoms with Crippen molar-refractivity contribution in [1.82, 2.24) is 9.88 Å². The highest BCUT2D eigenvalue weighted by molar-refractivity contribution is 5.88. The van der Waals surface area contributed by atoms with Gasteiger partial charge in [-0.25, -0.2) is 9.78 Å². The molecule has 20 heavy (non-hydrogen) atoms. The van der Waals surface area contributed by atoms with E-state index < -0.39 is 5.97 Å². The van der Waals surface area contributed by atoms with Crippen LogP contribution < -0.4 is 10.5 Å². The van der Waals surface area contributed by atoms with Gasteiger partial charge < -0.3 is 15.6 Å². The predicted molar refractivity (Wildman–Crippen MR) is 78.1 cm³/mol. The van der Waals surface area contributed by atoms with Gasteiger partial charge in [0.1, 0.15) is 6.61 Å². The van der Waals surface area contributed by atoms with Gasteiger partial charge in [0, 0.05) is 24.8 Å². The maximum absolute atomic E-state index is 10.8. The number of ether oxygens (including phenoxy) is 1. The summed E-state index contributed by atoms with van der Waals surface area (Å²) < 4.78 is 5.53. The minimum atomic E-state index is -1.05. The first-order valence-electron chi connectivity index (χ1n) is 6.70. The number of carboxylic acid groups (broad SMARTS) is 1. The third kappa shape index (κ3) is 4.38. The third-order valence-corrected chi connectivity index (χ3v) is 3.04. The lowest BCUT2D eigenvalue weighted by atomic mass is 10.2. The molecule has 6 heteroatoms. The van der Waals surface area contributed by atoms with E-state index in [0.717, 1.165) is 6.54 Å². The fourth-order valence-electron chi connectivity index (χ4n) is 2.07. The Morgan fingerprint density at radius 1 is 1.40 bits per heavy atom. The molecule has 0 amide bonds. The maximum atomic E-state index is 10.8. The molecule has 3 N–H and O–H groups in total. The lowest BCUT2D eigenvalue weighted by Crippen LogP contribution is -2.39. The van der Waals surface area contributed by atoms with Crippen molar-refractivity contribution in [2.75, 3.05) is 18.9 Å². The number of aromatic nitrogens is 1. The van der Waals surface area contributed by atoms with Crippen LogP contribution in [0, 0.1) is 0 Å². The number of anilines is 1. The quantitative estimate of drug-likeness (QED) is 0.793. The number of nitrogens with two attached hydrogens (primary N) is 1. The van der Waals surface area contributed by atoms with Crippen molar-refractivity contribution in [3.63, 3.8) is 0 Å². The van der Waals surface area contributed by atoms with Crippen molar-refractivity contribution in [1.29, 1.82) is 0 Å². The fraction of sp³-hybridized carbons (Fsp3) is 0.571. The van der Waals surface area contributed by atoms with E-state index >= 15 is 0 Å². The predicted octanol–water partition coefficient (Wildman–Crippen LogP) is 1.86. The van der Waals surface area contributed by atoms with Crippen molar-refractivity contribution < 1.29 is 14.6 Å². The lowest BCUT2D eigenvalue weighted by Gasteiger charge is -2.30. The number of carboxylic acids is 1. The Morgan fingerprint density at radius 2 is 2.00 bits per heavy atom. The zero-order valence-corrected chi connectivity index (χ0v) is 12.5. The number of carbonyl (C=O) groups is 1. The molecule has 0 saturated carbocycles. The molecule has 1 aromatic rings. The molecule has 0 radical (unpaired) electrons. The number of nitrogen functional groups attached to an aromatic ring is 1. The summed E-state index contributed by atoms with van der Waals surface area (Å²) in [7, 11) is 0. The summed E-state index contributed by atoms with van der Waals surface area (Å²) in [4.78, 5) is 17.0. The van der Waals surface area contributed by atoms with Crippen LogP contribution in [0.1, 0.15) is 38.1 Å². The molecule has 0 aliphatic rings. The van der Waals surface area contributed by atoms with Crippen LogP contribution in [0.25, 0.3) is 0 Å². The zero-order valence-electron chi connectivity index (χ0n) is 12.5. The van der Waals surface area contributed by atoms with Crippen molar-refractivity contribution in [3.8, 4) is 5.88 Å². The monoisotopic (exact) mass is 281 g/mol. The second-order valence-electron chi connectivity index (χ2n) is 5.20. The Hall–Kier alpha value is -1.82. The molecule has 6 nitrogen and oxygen atoms in total. The van der Waals surface area contributed by atoms with E-state index in [1.54, 1.807) is 0 Å². The molecule has 1 aromatic heterocycles. The molecule has 0 fully saturated rings. The average molecular weight is 281 g/mol. The molecular formula is C14H23N3O3. The van der Waals surface area contributed by atoms with E-state index in [4.69, 9.17) is 15.6 Å². The Balaban J connectivity index is 2.60. The van der Waals surface area contributed by atoms with Gasteiger partial charge in [0.15, 0.2) is 0 Å². The van der Waals surface area contributed by atoms with Crippen molar-refractivity contribution in [2.45, 2.75) is 39.8 Å². The first kappa shape index (κ1) is 16.2. The highest BCUT2D eigenvalue weighted by atomic mass is 16.5. The SMILES string of the molecule is CC(C)N(CCOc1ncc(C(=O)O)cc1N)C(C)C. The molecule has 112 valence electrons. The number of nitrogens with zero attached hydrogens (tertiary/aromatic N) is 2. The average Bonchev–Trinajstić information content (AvgIpc) is 2.34. The summed E-state index contributed by atoms with van der Waals surface area (Å²) in [5.41, 5.74) is 6.03. The molecule has 0 aliphatic carbocycles. The third-order valence-electron chi connectivity index (χ3n) is 3.04. The van der Waals surface area contributed by atoms with E-state index in [0.29, 0.717) is 18.7 Å². The van der Waals surface area contributed by atoms with Crippen LogP contribution in [0.5, 0.6) is 5.88 Å². The van der Waals surface area contributed by atoms with E-state index in [2.05, 4.69) is 37.6 Å². The van der Waals surface area contributed by atoms with E-state index in [1.165, 1.54) is 12.3 Å². The standard InChI is InChI=1S/C14H23N3O3/c1-9(2)17(10(3)4)5-6-20-13-12(15)7-11(8-16-13)14(18)19/h7-10H,5-6,15H2,1-4H3,(H,18,19). The molecular weight excluding hydrogens is 258 g/mol. The van der Waals surface area contributed by atoms with E-state index in [1.807, 2.05) is 0 Å². The number of hydrogen-bond donors (Lipinski definition) is 2. The van der Waals surface area contributed by atoms with Crippen LogP contribution in [0.3, 0.4) is 0 Å². The van der Waals surface area contributed by atoms with Crippen molar-refractivity contribution in [2.24, 2.45) is 0 Å². The van der Waals surface area contributed by atoms with Crippen LogP contribution in [-0.2, 0) is 0 Å². The summed E-state index contributed by atoms with van der Waals surface area (Å²) in [6, 6.07) is 2.21. The highest BCUT2D eigenvalue weighted by Crippen LogP contribution is 2.19. The first-order chi connectivity index (χ1) is 9.32. The van der Waals surface area contributed by atoms with Gasteiger partial charge in [0.2, 0.25) is 5.88 Å². The Morgan fingerprint density at radius 3 is 2.45 bits per heavy atom. The second-order valence-corrected chi connectivity index (χ2v) is 5.20. The Bertz CT molecular complexity index is 453. The van der Waals surface area contributed by atoms with Crippen molar-refractivity contribution >= 4 is 11.7 Å². The van der Waals surface area contributed by atoms with Crippen LogP contribution in [0.4, 0.5) is 5.69 Å². The molecule has 0 saturated heterocycles. The highest BCUT2D eigenvalue weighted by Gasteiger charge is 2.14. The summed E-state index contributed by atoms with van der Waals surface area (Å²) in [6.07, 6.45) is 1.25. The number of aromatic carboxylic acids is 1. The molecule has 0 atom stereocenters. The summed E-state index contributed by atoms with van der Waals surface area (Å²) in [6.45, 7) is 9.75. The van der Waals surface area contributed by atoms with Gasteiger partial charge in [-0.1, -0.05) is 0 Å². The van der Waals surface area contributed by atoms with Gasteiger partial charge in [0.05, 0.1) is 11.3 Å². The number of pyridine rings is 1. The molecule has 0 unspecified atom stereocenters. The second kappa shape index (κ2) is 7.09. The minimum absolute atomic E-state index is 0.0563. The molecule has 0 bridgehead atoms. The van der Waals surface area contributed by atoms with Gasteiger partial charge in [0.25, 0.3) is 0 Å². The van der Waals surface area contributed by atoms with E-state index in [9.17, 15) is 4.79 Å². The minimum Gasteiger partial charge on any atom is -0.478 e. The van der Waals surface area contributed by atoms with Crippen LogP contribution >= 0.6 is 0 Å². The zero-order chi connectivity index (χ0) is 15.3. The normalized spacial score (nSPS) is 11.3. The topological polar surface area (TPSA) is 88.7 Å². The number of hydrogen-bond acceptors (Lipinski definition) is 5. The van der Waals surface area contributed by atoms with Gasteiger partial charge in [-0.3, -0.25) is 4.90 Å². The Labute approximate surface area is 119 Å². The van der Waals surface area contributed by atoms with Gasteiger partial charge in [-0.05, 0) is 33.8 Å². The Kier molecular flexibility index (Phi) is 5.76. The van der Waals surface area contributed by atoms with Gasteiger partial charge in [-0.15, -0.1) is 0 Å². The van der Waals surface area contributed by atoms with Crippen LogP contribution in [-0.4, -0.2) is 46.2 Å². The molecule has 0 spiro atoms. The largest absolute Gasteiger partial charge is 0.478 e. The first-order valence-corrected chi connectivity index (χ1v) is 6.70. The summed E-state index contributed by atoms with van der Waals surface area (Å²) in [5, 5.41) is 8.83. The smallest absolute Gasteiger partial charge is 0.337 e. The van der Waals surface area contributed by atoms with Crippen molar-refractivity contribution in [3.05, 3.63) is 17.8 Å². The fourth-order valence-corrected chi connectivity index (χ4v) is 2.07. The lowest BCUT2D eigenvalue weighted by molar-refractivity contribution is 0.0696. The molecule has 0 aliphatic heterocycles. The molecule has 0 aromatic carbocycles. The maximum Gasteiger partial charge on any atom is 0.337 e. The van der Waals surface area contributed by atoms with E-state index in [-0.39, 0.29) is 17.1 Å². The van der Waals surface area contributed by atoms with Gasteiger partial charge >= 0.3 is 5.97 Å². The van der Waals surface area contributed by atoms with Crippen LogP contribution in [0.15, 0.2) is 12.3 Å². The van der Waals surface area contributed by atoms with Crippen LogP contribution in [0.2, 0.25) is 0 Å². The molecule has 1 rings (SSSR count). The van der Waals surface area contributed by atoms with Gasteiger partial charge in [-0.2, -0.15) is 0 Å². The number of rotatable bonds is 7. The summed E-state index contributed by atoms with van der Waals surface area (Å²) in [5.74, 6) is -0.774. The summed E-state index contributed by atoms with van der Waals surface area (Å²) >= 11 is 0.